The minimum absolute atomic E-state index is 0.0429. The standard InChI is InChI=1S/C34H51N5O5/c1-5-23(4)20-31(41)39-19-13-18-30(39)34(44)36-27(16-10-8-9-14-25(40)6-2)33(43)37-28(32(35)42)21-24-22-38(7-3)29-17-12-11-15-26(24)29/h11-12,15,17,22-23,27-28,30H,5-10,13-14,16,18-21H2,1-4H3,(H2,35,42)(H,36,44)(H,37,43)/t23?,27-,28-,30?/m0/s1. The fraction of sp³-hybridized carbons (Fsp3) is 0.618. The number of ketones is 1. The van der Waals surface area contributed by atoms with E-state index < -0.39 is 29.9 Å². The lowest BCUT2D eigenvalue weighted by Crippen LogP contribution is -2.56. The van der Waals surface area contributed by atoms with E-state index in [1.165, 1.54) is 0 Å². The minimum atomic E-state index is -0.972. The van der Waals surface area contributed by atoms with Gasteiger partial charge in [0.15, 0.2) is 0 Å². The molecular weight excluding hydrogens is 558 g/mol. The van der Waals surface area contributed by atoms with Crippen molar-refractivity contribution in [3.63, 3.8) is 0 Å². The highest BCUT2D eigenvalue weighted by molar-refractivity contribution is 5.94. The van der Waals surface area contributed by atoms with Crippen molar-refractivity contribution in [2.24, 2.45) is 11.7 Å². The summed E-state index contributed by atoms with van der Waals surface area (Å²) < 4.78 is 2.09. The van der Waals surface area contributed by atoms with Crippen LogP contribution in [0.3, 0.4) is 0 Å². The maximum Gasteiger partial charge on any atom is 0.243 e. The Kier molecular flexibility index (Phi) is 13.4. The van der Waals surface area contributed by atoms with Crippen LogP contribution in [0.2, 0.25) is 0 Å². The number of unbranched alkanes of at least 4 members (excludes halogenated alkanes) is 2. The summed E-state index contributed by atoms with van der Waals surface area (Å²) in [5.41, 5.74) is 7.71. The van der Waals surface area contributed by atoms with Gasteiger partial charge in [0.2, 0.25) is 23.6 Å². The Morgan fingerprint density at radius 1 is 1.00 bits per heavy atom. The summed E-state index contributed by atoms with van der Waals surface area (Å²) >= 11 is 0. The molecule has 2 aromatic rings. The van der Waals surface area contributed by atoms with Crippen molar-refractivity contribution in [3.05, 3.63) is 36.0 Å². The maximum absolute atomic E-state index is 13.7. The third kappa shape index (κ3) is 9.40. The first kappa shape index (κ1) is 34.8. The number of Topliss-reactive ketones (excluding diaryl/α,β-unsaturated/α-hetero) is 1. The van der Waals surface area contributed by atoms with Crippen LogP contribution in [0.25, 0.3) is 10.9 Å². The van der Waals surface area contributed by atoms with Gasteiger partial charge in [-0.15, -0.1) is 0 Å². The molecular formula is C34H51N5O5. The summed E-state index contributed by atoms with van der Waals surface area (Å²) in [7, 11) is 0. The molecule has 1 aromatic carbocycles. The van der Waals surface area contributed by atoms with Crippen LogP contribution >= 0.6 is 0 Å². The van der Waals surface area contributed by atoms with Gasteiger partial charge in [-0.3, -0.25) is 24.0 Å². The molecule has 4 amide bonds. The smallest absolute Gasteiger partial charge is 0.243 e. The Labute approximate surface area is 261 Å². The van der Waals surface area contributed by atoms with Crippen molar-refractivity contribution >= 4 is 40.3 Å². The molecule has 10 heteroatoms. The third-order valence-corrected chi connectivity index (χ3v) is 8.87. The average Bonchev–Trinajstić information content (AvgIpc) is 3.65. The number of benzene rings is 1. The van der Waals surface area contributed by atoms with Crippen molar-refractivity contribution in [3.8, 4) is 0 Å². The Morgan fingerprint density at radius 2 is 1.75 bits per heavy atom. The molecule has 1 aliphatic heterocycles. The fourth-order valence-electron chi connectivity index (χ4n) is 5.92. The van der Waals surface area contributed by atoms with Gasteiger partial charge in [-0.2, -0.15) is 0 Å². The number of carbonyl (C=O) groups is 5. The molecule has 1 saturated heterocycles. The van der Waals surface area contributed by atoms with Crippen LogP contribution in [0.4, 0.5) is 0 Å². The first-order valence-corrected chi connectivity index (χ1v) is 16.4. The van der Waals surface area contributed by atoms with Crippen LogP contribution in [-0.4, -0.2) is 63.5 Å². The van der Waals surface area contributed by atoms with E-state index in [0.717, 1.165) is 42.3 Å². The third-order valence-electron chi connectivity index (χ3n) is 8.87. The summed E-state index contributed by atoms with van der Waals surface area (Å²) in [5.74, 6) is -1.12. The van der Waals surface area contributed by atoms with E-state index >= 15 is 0 Å². The molecule has 44 heavy (non-hydrogen) atoms. The number of nitrogens with one attached hydrogen (secondary N) is 2. The van der Waals surface area contributed by atoms with Crippen LogP contribution in [0.1, 0.15) is 97.5 Å². The molecule has 4 N–H and O–H groups in total. The number of nitrogens with zero attached hydrogens (tertiary/aromatic N) is 2. The predicted molar refractivity (Wildman–Crippen MR) is 172 cm³/mol. The van der Waals surface area contributed by atoms with Gasteiger partial charge in [-0.25, -0.2) is 0 Å². The minimum Gasteiger partial charge on any atom is -0.368 e. The molecule has 2 unspecified atom stereocenters. The molecule has 4 atom stereocenters. The van der Waals surface area contributed by atoms with E-state index in [4.69, 9.17) is 5.73 Å². The number of primary amides is 1. The van der Waals surface area contributed by atoms with Crippen molar-refractivity contribution < 1.29 is 24.0 Å². The number of carbonyl (C=O) groups excluding carboxylic acids is 5. The SMILES string of the molecule is CCC(=O)CCCCC[C@H](NC(=O)C1CCCN1C(=O)CC(C)CC)C(=O)N[C@@H](Cc1cn(CC)c2ccccc12)C(N)=O. The van der Waals surface area contributed by atoms with Gasteiger partial charge < -0.3 is 25.8 Å². The second-order valence-electron chi connectivity index (χ2n) is 12.1. The van der Waals surface area contributed by atoms with Gasteiger partial charge in [0, 0.05) is 55.9 Å². The van der Waals surface area contributed by atoms with Crippen LogP contribution in [-0.2, 0) is 36.9 Å². The summed E-state index contributed by atoms with van der Waals surface area (Å²) in [6.45, 7) is 9.21. The Hall–Kier alpha value is -3.69. The van der Waals surface area contributed by atoms with Gasteiger partial charge in [-0.05, 0) is 50.2 Å². The van der Waals surface area contributed by atoms with E-state index in [-0.39, 0.29) is 29.9 Å². The van der Waals surface area contributed by atoms with Crippen molar-refractivity contribution in [2.45, 2.75) is 123 Å². The predicted octanol–water partition coefficient (Wildman–Crippen LogP) is 4.02. The zero-order valence-electron chi connectivity index (χ0n) is 26.9. The molecule has 0 aliphatic carbocycles. The fourth-order valence-corrected chi connectivity index (χ4v) is 5.92. The monoisotopic (exact) mass is 609 g/mol. The highest BCUT2D eigenvalue weighted by Gasteiger charge is 2.36. The molecule has 0 bridgehead atoms. The van der Waals surface area contributed by atoms with Gasteiger partial charge in [0.05, 0.1) is 0 Å². The lowest BCUT2D eigenvalue weighted by molar-refractivity contribution is -0.140. The molecule has 1 aromatic heterocycles. The number of hydrogen-bond donors (Lipinski definition) is 3. The van der Waals surface area contributed by atoms with Crippen LogP contribution in [0, 0.1) is 5.92 Å². The summed E-state index contributed by atoms with van der Waals surface area (Å²) in [6, 6.07) is 5.38. The van der Waals surface area contributed by atoms with Crippen LogP contribution in [0.5, 0.6) is 0 Å². The van der Waals surface area contributed by atoms with Gasteiger partial charge in [-0.1, -0.05) is 58.2 Å². The topological polar surface area (TPSA) is 144 Å². The number of amides is 4. The number of nitrogens with two attached hydrogens (primary N) is 1. The number of para-hydroxylation sites is 1. The summed E-state index contributed by atoms with van der Waals surface area (Å²) in [5, 5.41) is 6.71. The molecule has 2 heterocycles. The molecule has 0 radical (unpaired) electrons. The van der Waals surface area contributed by atoms with E-state index in [0.29, 0.717) is 51.5 Å². The van der Waals surface area contributed by atoms with E-state index in [2.05, 4.69) is 15.2 Å². The first-order chi connectivity index (χ1) is 21.1. The zero-order chi connectivity index (χ0) is 32.2. The van der Waals surface area contributed by atoms with E-state index in [1.54, 1.807) is 4.90 Å². The normalized spacial score (nSPS) is 16.8. The highest BCUT2D eigenvalue weighted by Crippen LogP contribution is 2.24. The van der Waals surface area contributed by atoms with E-state index in [1.807, 2.05) is 58.2 Å². The lowest BCUT2D eigenvalue weighted by atomic mass is 10.0. The van der Waals surface area contributed by atoms with Gasteiger partial charge in [0.25, 0.3) is 0 Å². The lowest BCUT2D eigenvalue weighted by Gasteiger charge is -2.28. The number of likely N-dealkylation sites (tertiary alicyclic amines) is 1. The second kappa shape index (κ2) is 17.0. The number of hydrogen-bond acceptors (Lipinski definition) is 5. The summed E-state index contributed by atoms with van der Waals surface area (Å²) in [4.78, 5) is 66.1. The van der Waals surface area contributed by atoms with Gasteiger partial charge in [0.1, 0.15) is 23.9 Å². The van der Waals surface area contributed by atoms with Crippen molar-refractivity contribution in [2.75, 3.05) is 6.54 Å². The van der Waals surface area contributed by atoms with E-state index in [9.17, 15) is 24.0 Å². The molecule has 1 aliphatic rings. The molecule has 3 rings (SSSR count). The molecule has 0 saturated carbocycles. The maximum atomic E-state index is 13.7. The Morgan fingerprint density at radius 3 is 2.43 bits per heavy atom. The van der Waals surface area contributed by atoms with Crippen LogP contribution in [0.15, 0.2) is 30.5 Å². The molecule has 0 spiro atoms. The number of rotatable bonds is 18. The highest BCUT2D eigenvalue weighted by atomic mass is 16.2. The van der Waals surface area contributed by atoms with Crippen molar-refractivity contribution in [1.82, 2.24) is 20.1 Å². The molecule has 1 fully saturated rings. The van der Waals surface area contributed by atoms with Gasteiger partial charge >= 0.3 is 0 Å². The summed E-state index contributed by atoms with van der Waals surface area (Å²) in [6.07, 6.45) is 8.10. The Balaban J connectivity index is 1.74. The van der Waals surface area contributed by atoms with Crippen molar-refractivity contribution in [1.29, 1.82) is 0 Å². The second-order valence-corrected chi connectivity index (χ2v) is 12.1. The number of fused-ring (bicyclic) bond motifs is 1. The average molecular weight is 610 g/mol. The van der Waals surface area contributed by atoms with Crippen LogP contribution < -0.4 is 16.4 Å². The Bertz CT molecular complexity index is 1300. The molecule has 242 valence electrons. The number of aryl methyl sites for hydroxylation is 1. The quantitative estimate of drug-likeness (QED) is 0.219. The molecule has 10 nitrogen and oxygen atoms in total. The number of aromatic nitrogens is 1. The zero-order valence-corrected chi connectivity index (χ0v) is 26.9. The largest absolute Gasteiger partial charge is 0.368 e. The first-order valence-electron chi connectivity index (χ1n) is 16.4.